The van der Waals surface area contributed by atoms with E-state index < -0.39 is 46.8 Å². The molecule has 6 aliphatic rings. The van der Waals surface area contributed by atoms with Crippen molar-refractivity contribution >= 4 is 97.3 Å². The number of aromatic nitrogens is 9. The molecular formula is C55H92N18O8S3Si2. The monoisotopic (exact) mass is 1280 g/mol. The zero-order chi connectivity index (χ0) is 62.3. The quantitative estimate of drug-likeness (QED) is 0.0642. The second-order valence-corrected chi connectivity index (χ2v) is 43.4. The van der Waals surface area contributed by atoms with E-state index in [2.05, 4.69) is 137 Å². The fraction of sp³-hybridized carbons (Fsp3) is 0.673. The van der Waals surface area contributed by atoms with E-state index in [4.69, 9.17) is 19.8 Å². The van der Waals surface area contributed by atoms with Crippen LogP contribution >= 0.6 is 0 Å². The van der Waals surface area contributed by atoms with Crippen molar-refractivity contribution in [1.82, 2.24) is 52.6 Å². The number of fused-ring (bicyclic) bond motifs is 6. The summed E-state index contributed by atoms with van der Waals surface area (Å²) in [5.74, 6) is 4.46. The molecule has 5 aliphatic heterocycles. The zero-order valence-corrected chi connectivity index (χ0v) is 56.0. The molecular weight excluding hydrogens is 1190 g/mol. The number of hydrogen-bond donors (Lipinski definition) is 5. The minimum atomic E-state index is -3.67. The molecule has 86 heavy (non-hydrogen) atoms. The lowest BCUT2D eigenvalue weighted by atomic mass is 9.75. The van der Waals surface area contributed by atoms with Crippen LogP contribution in [-0.2, 0) is 53.6 Å². The standard InChI is InChI=1S/C21H34N4OSi.C20H34N6O3SSi.C14H20N6O2S.H4N2O2S/c1-21-9-5-6-17(21)7-10-24(14-21)19-18-8-11-25(20(18)23-15-22-19)16-26-12-13-27(2,3)4;1-20-12-24(7-5-16(20)11-26(13-20)30(21,27)28)18-17-6-8-25(19(17)23-14-22-18)15-29-9-10-31(2,3)4;1-14-7-19(13-11-2-4-16-12(11)17-9-18-13)5-3-10(14)6-20(8-14)23(15,21)22;1-5(2,3)4/h8,11,15,17H,5-7,9-10,12-14,16H2,1-4H3;6,8,14,16H,5,7,9-13,15H2,1-4H3,(H2,21,27,28);2,4,9-10H,3,5-8H2,1H3,(H2,15,21,22)(H,16,17,18);(H4,1,2,3,4)/t17-,21+;16-,20+;10-,14+;/m011./s1. The fourth-order valence-electron chi connectivity index (χ4n) is 13.7. The van der Waals surface area contributed by atoms with E-state index in [1.54, 1.807) is 19.0 Å². The third-order valence-electron chi connectivity index (χ3n) is 18.6. The number of piperidine rings is 3. The van der Waals surface area contributed by atoms with Crippen LogP contribution in [0.2, 0.25) is 51.4 Å². The fourth-order valence-corrected chi connectivity index (χ4v) is 16.9. The van der Waals surface area contributed by atoms with E-state index in [1.807, 2.05) is 29.1 Å². The average Bonchev–Trinajstić information content (AvgIpc) is 1.75. The molecule has 0 amide bonds. The van der Waals surface area contributed by atoms with Gasteiger partial charge in [0.15, 0.2) is 0 Å². The number of hydrogen-bond acceptors (Lipinski definition) is 17. The van der Waals surface area contributed by atoms with Gasteiger partial charge >= 0.3 is 0 Å². The maximum absolute atomic E-state index is 11.9. The van der Waals surface area contributed by atoms with Gasteiger partial charge in [0.25, 0.3) is 30.6 Å². The first-order valence-electron chi connectivity index (χ1n) is 29.8. The van der Waals surface area contributed by atoms with E-state index >= 15 is 0 Å². The Morgan fingerprint density at radius 3 is 1.38 bits per heavy atom. The minimum absolute atomic E-state index is 0.113. The number of aromatic amines is 1. The Labute approximate surface area is 509 Å². The lowest BCUT2D eigenvalue weighted by Gasteiger charge is -2.43. The first-order chi connectivity index (χ1) is 40.2. The summed E-state index contributed by atoms with van der Waals surface area (Å²) < 4.78 is 84.3. The summed E-state index contributed by atoms with van der Waals surface area (Å²) in [5, 5.41) is 22.1. The lowest BCUT2D eigenvalue weighted by molar-refractivity contribution is 0.0898. The Morgan fingerprint density at radius 2 is 0.953 bits per heavy atom. The highest BCUT2D eigenvalue weighted by Crippen LogP contribution is 2.49. The molecule has 9 N–H and O–H groups in total. The molecule has 0 bridgehead atoms. The van der Waals surface area contributed by atoms with Gasteiger partial charge in [0, 0.05) is 124 Å². The first kappa shape index (κ1) is 65.7. The number of nitrogens with zero attached hydrogens (tertiary/aromatic N) is 13. The second-order valence-electron chi connectivity index (χ2n) is 27.9. The van der Waals surface area contributed by atoms with E-state index in [0.29, 0.717) is 56.9 Å². The van der Waals surface area contributed by atoms with Gasteiger partial charge in [0.05, 0.1) is 16.2 Å². The summed E-state index contributed by atoms with van der Waals surface area (Å²) in [6.07, 6.45) is 18.1. The van der Waals surface area contributed by atoms with Crippen molar-refractivity contribution in [3.05, 3.63) is 55.8 Å². The molecule has 1 saturated carbocycles. The van der Waals surface area contributed by atoms with Crippen LogP contribution in [0.1, 0.15) is 59.3 Å². The molecule has 26 nitrogen and oxygen atoms in total. The highest BCUT2D eigenvalue weighted by Gasteiger charge is 2.51. The summed E-state index contributed by atoms with van der Waals surface area (Å²) in [5.41, 5.74) is 2.87. The summed E-state index contributed by atoms with van der Waals surface area (Å²) in [7, 11) is -13.1. The van der Waals surface area contributed by atoms with Gasteiger partial charge in [-0.05, 0) is 85.6 Å². The summed E-state index contributed by atoms with van der Waals surface area (Å²) in [4.78, 5) is 37.1. The topological polar surface area (TPSA) is 344 Å². The SMILES string of the molecule is C[C@@]12CN(c3ncnc4[nH]ccc34)CC[C@@H]1CN(S(N)(=O)=O)C2.C[C@@]12CN(c3ncnc4c3ccn4COCC[Si](C)(C)C)CC[C@@H]1CN(S(N)(=O)=O)C2.C[C@]12CCC[C@H]1CCN(c1ncnc3c1ccn3COCC[Si](C)(C)C)C2.NS(N)(=O)=O. The van der Waals surface area contributed by atoms with Crippen molar-refractivity contribution in [2.75, 3.05) is 93.4 Å². The highest BCUT2D eigenvalue weighted by atomic mass is 32.2. The number of rotatable bonds is 15. The van der Waals surface area contributed by atoms with Crippen LogP contribution in [0, 0.1) is 34.0 Å². The van der Waals surface area contributed by atoms with Gasteiger partial charge in [-0.2, -0.15) is 33.9 Å². The van der Waals surface area contributed by atoms with Crippen LogP contribution in [0.5, 0.6) is 0 Å². The Kier molecular flexibility index (Phi) is 19.6. The maximum Gasteiger partial charge on any atom is 0.276 e. The Bertz CT molecular complexity index is 3670. The third kappa shape index (κ3) is 16.0. The van der Waals surface area contributed by atoms with Gasteiger partial charge in [-0.1, -0.05) is 66.5 Å². The van der Waals surface area contributed by atoms with Crippen molar-refractivity contribution in [2.24, 2.45) is 54.6 Å². The molecule has 6 aromatic heterocycles. The van der Waals surface area contributed by atoms with E-state index in [-0.39, 0.29) is 10.8 Å². The van der Waals surface area contributed by atoms with Crippen molar-refractivity contribution in [2.45, 2.75) is 124 Å². The first-order valence-corrected chi connectivity index (χ1v) is 41.9. The molecule has 0 unspecified atom stereocenters. The lowest BCUT2D eigenvalue weighted by Crippen LogP contribution is -2.47. The molecule has 12 rings (SSSR count). The second kappa shape index (κ2) is 25.6. The molecule has 0 spiro atoms. The van der Waals surface area contributed by atoms with Crippen LogP contribution in [0.25, 0.3) is 33.1 Å². The van der Waals surface area contributed by atoms with Gasteiger partial charge in [0.2, 0.25) is 0 Å². The van der Waals surface area contributed by atoms with Crippen LogP contribution in [0.4, 0.5) is 17.5 Å². The van der Waals surface area contributed by atoms with Crippen LogP contribution < -0.4 is 35.3 Å². The average molecular weight is 1290 g/mol. The Hall–Kier alpha value is -4.78. The van der Waals surface area contributed by atoms with E-state index in [0.717, 1.165) is 128 Å². The largest absolute Gasteiger partial charge is 0.361 e. The van der Waals surface area contributed by atoms with Crippen LogP contribution in [0.3, 0.4) is 0 Å². The zero-order valence-electron chi connectivity index (χ0n) is 51.6. The predicted molar refractivity (Wildman–Crippen MR) is 343 cm³/mol. The minimum Gasteiger partial charge on any atom is -0.361 e. The third-order valence-corrected chi connectivity index (χ3v) is 24.0. The molecule has 0 radical (unpaired) electrons. The van der Waals surface area contributed by atoms with Gasteiger partial charge in [0.1, 0.15) is 66.8 Å². The molecule has 0 aromatic carbocycles. The molecule has 6 fully saturated rings. The molecule has 5 saturated heterocycles. The number of nitrogens with two attached hydrogens (primary N) is 4. The summed E-state index contributed by atoms with van der Waals surface area (Å²) in [6, 6.07) is 8.52. The maximum atomic E-state index is 11.9. The number of anilines is 3. The molecule has 6 aromatic rings. The van der Waals surface area contributed by atoms with Gasteiger partial charge in [-0.3, -0.25) is 0 Å². The summed E-state index contributed by atoms with van der Waals surface area (Å²) >= 11 is 0. The molecule has 476 valence electrons. The number of nitrogens with one attached hydrogen (secondary N) is 1. The highest BCUT2D eigenvalue weighted by molar-refractivity contribution is 7.87. The van der Waals surface area contributed by atoms with Crippen molar-refractivity contribution in [1.29, 1.82) is 0 Å². The van der Waals surface area contributed by atoms with Crippen molar-refractivity contribution < 1.29 is 34.7 Å². The molecule has 31 heteroatoms. The smallest absolute Gasteiger partial charge is 0.276 e. The van der Waals surface area contributed by atoms with E-state index in [1.165, 1.54) is 40.3 Å². The van der Waals surface area contributed by atoms with Crippen LogP contribution in [0.15, 0.2) is 55.8 Å². The normalized spacial score (nSPS) is 25.7. The molecule has 1 aliphatic carbocycles. The van der Waals surface area contributed by atoms with Gasteiger partial charge in [-0.25, -0.2) is 50.5 Å². The molecule has 11 heterocycles. The Morgan fingerprint density at radius 1 is 0.547 bits per heavy atom. The van der Waals surface area contributed by atoms with Crippen molar-refractivity contribution in [3.8, 4) is 0 Å². The van der Waals surface area contributed by atoms with Gasteiger partial charge in [-0.15, -0.1) is 0 Å². The predicted octanol–water partition coefficient (Wildman–Crippen LogP) is 5.31. The Balaban J connectivity index is 0.000000149. The summed E-state index contributed by atoms with van der Waals surface area (Å²) in [6.45, 7) is 31.0. The molecule has 6 atom stereocenters. The van der Waals surface area contributed by atoms with Gasteiger partial charge < -0.3 is 38.3 Å². The number of H-pyrrole nitrogens is 1. The number of ether oxygens (including phenoxy) is 2. The van der Waals surface area contributed by atoms with Crippen LogP contribution in [-0.4, -0.2) is 173 Å². The van der Waals surface area contributed by atoms with E-state index in [9.17, 15) is 25.3 Å². The van der Waals surface area contributed by atoms with Crippen molar-refractivity contribution in [3.63, 3.8) is 0 Å².